The minimum Gasteiger partial charge on any atom is -0.396 e. The van der Waals surface area contributed by atoms with Crippen LogP contribution < -0.4 is 5.32 Å². The van der Waals surface area contributed by atoms with E-state index in [1.807, 2.05) is 22.5 Å². The third kappa shape index (κ3) is 3.86. The lowest BCUT2D eigenvalue weighted by atomic mass is 10.1. The molecule has 0 fully saturated rings. The average Bonchev–Trinajstić information content (AvgIpc) is 2.87. The molecule has 0 radical (unpaired) electrons. The molecule has 0 aliphatic heterocycles. The average molecular weight is 294 g/mol. The maximum absolute atomic E-state index is 8.72. The van der Waals surface area contributed by atoms with Crippen LogP contribution in [-0.2, 0) is 0 Å². The van der Waals surface area contributed by atoms with Gasteiger partial charge in [0.1, 0.15) is 5.52 Å². The van der Waals surface area contributed by atoms with Crippen molar-refractivity contribution >= 4 is 23.1 Å². The van der Waals surface area contributed by atoms with Crippen molar-refractivity contribution in [3.63, 3.8) is 0 Å². The van der Waals surface area contributed by atoms with Crippen LogP contribution in [0.1, 0.15) is 31.9 Å². The van der Waals surface area contributed by atoms with E-state index in [9.17, 15) is 0 Å². The van der Waals surface area contributed by atoms with Gasteiger partial charge in [-0.15, -0.1) is 0 Å². The van der Waals surface area contributed by atoms with Crippen molar-refractivity contribution in [3.05, 3.63) is 24.2 Å². The topological polar surface area (TPSA) is 62.5 Å². The molecule has 2 heterocycles. The Labute approximate surface area is 123 Å². The van der Waals surface area contributed by atoms with Crippen LogP contribution in [0.3, 0.4) is 0 Å². The van der Waals surface area contributed by atoms with Gasteiger partial charge in [0.2, 0.25) is 0 Å². The first-order valence-electron chi connectivity index (χ1n) is 6.99. The molecule has 0 saturated carbocycles. The summed E-state index contributed by atoms with van der Waals surface area (Å²) in [6.07, 6.45) is 4.51. The zero-order valence-corrected chi connectivity index (χ0v) is 12.9. The number of nitrogens with one attached hydrogen (secondary N) is 1. The van der Waals surface area contributed by atoms with Crippen molar-refractivity contribution in [1.82, 2.24) is 14.6 Å². The van der Waals surface area contributed by atoms with Crippen LogP contribution in [0.5, 0.6) is 0 Å². The lowest BCUT2D eigenvalue weighted by Crippen LogP contribution is -2.07. The molecule has 2 N–H and O–H groups in total. The predicted molar refractivity (Wildman–Crippen MR) is 84.6 cm³/mol. The first-order valence-corrected chi connectivity index (χ1v) is 8.14. The quantitative estimate of drug-likeness (QED) is 0.732. The van der Waals surface area contributed by atoms with Gasteiger partial charge in [-0.2, -0.15) is 16.9 Å². The number of hydrogen-bond acceptors (Lipinski definition) is 5. The highest BCUT2D eigenvalue weighted by atomic mass is 32.2. The number of rotatable bonds is 8. The van der Waals surface area contributed by atoms with E-state index in [4.69, 9.17) is 5.11 Å². The smallest absolute Gasteiger partial charge is 0.152 e. The Morgan fingerprint density at radius 1 is 1.40 bits per heavy atom. The number of aliphatic hydroxyl groups is 1. The van der Waals surface area contributed by atoms with Crippen molar-refractivity contribution in [2.24, 2.45) is 0 Å². The summed E-state index contributed by atoms with van der Waals surface area (Å²) in [5, 5.41) is 16.6. The molecule has 2 aromatic rings. The summed E-state index contributed by atoms with van der Waals surface area (Å²) in [6.45, 7) is 5.42. The summed E-state index contributed by atoms with van der Waals surface area (Å²) < 4.78 is 1.88. The van der Waals surface area contributed by atoms with Gasteiger partial charge in [0.15, 0.2) is 5.82 Å². The molecule has 110 valence electrons. The van der Waals surface area contributed by atoms with Crippen molar-refractivity contribution in [2.75, 3.05) is 30.0 Å². The SMILES string of the molecule is CC(C)c1cc2c(NCCSCCCO)nccn2n1. The van der Waals surface area contributed by atoms with Crippen molar-refractivity contribution < 1.29 is 5.11 Å². The zero-order chi connectivity index (χ0) is 14.4. The van der Waals surface area contributed by atoms with E-state index in [1.165, 1.54) is 0 Å². The first-order chi connectivity index (χ1) is 9.72. The van der Waals surface area contributed by atoms with Gasteiger partial charge in [0.05, 0.1) is 5.69 Å². The highest BCUT2D eigenvalue weighted by Crippen LogP contribution is 2.19. The summed E-state index contributed by atoms with van der Waals surface area (Å²) in [7, 11) is 0. The summed E-state index contributed by atoms with van der Waals surface area (Å²) >= 11 is 1.84. The molecule has 0 spiro atoms. The van der Waals surface area contributed by atoms with E-state index in [1.54, 1.807) is 6.20 Å². The number of thioether (sulfide) groups is 1. The normalized spacial score (nSPS) is 11.4. The highest BCUT2D eigenvalue weighted by Gasteiger charge is 2.09. The monoisotopic (exact) mass is 294 g/mol. The van der Waals surface area contributed by atoms with Gasteiger partial charge < -0.3 is 10.4 Å². The summed E-state index contributed by atoms with van der Waals surface area (Å²) in [4.78, 5) is 4.39. The first kappa shape index (κ1) is 15.1. The van der Waals surface area contributed by atoms with Crippen LogP contribution >= 0.6 is 11.8 Å². The Morgan fingerprint density at radius 2 is 2.25 bits per heavy atom. The van der Waals surface area contributed by atoms with Crippen LogP contribution in [0.2, 0.25) is 0 Å². The molecular weight excluding hydrogens is 272 g/mol. The molecule has 0 aromatic carbocycles. The number of hydrogen-bond donors (Lipinski definition) is 2. The van der Waals surface area contributed by atoms with Gasteiger partial charge in [-0.05, 0) is 24.2 Å². The summed E-state index contributed by atoms with van der Waals surface area (Å²) in [6, 6.07) is 2.10. The van der Waals surface area contributed by atoms with E-state index in [2.05, 4.69) is 35.3 Å². The van der Waals surface area contributed by atoms with E-state index in [-0.39, 0.29) is 6.61 Å². The highest BCUT2D eigenvalue weighted by molar-refractivity contribution is 7.99. The predicted octanol–water partition coefficient (Wildman–Crippen LogP) is 2.38. The Kier molecular flexibility index (Phi) is 5.67. The molecule has 20 heavy (non-hydrogen) atoms. The maximum Gasteiger partial charge on any atom is 0.152 e. The molecule has 0 saturated heterocycles. The molecular formula is C14H22N4OS. The molecule has 0 amide bonds. The number of nitrogens with zero attached hydrogens (tertiary/aromatic N) is 3. The van der Waals surface area contributed by atoms with Crippen molar-refractivity contribution in [2.45, 2.75) is 26.2 Å². The number of aromatic nitrogens is 3. The van der Waals surface area contributed by atoms with E-state index in [0.717, 1.165) is 41.5 Å². The summed E-state index contributed by atoms with van der Waals surface area (Å²) in [5.41, 5.74) is 2.11. The molecule has 0 bridgehead atoms. The number of anilines is 1. The van der Waals surface area contributed by atoms with Gasteiger partial charge in [0.25, 0.3) is 0 Å². The Bertz CT molecular complexity index is 541. The molecule has 0 atom stereocenters. The second-order valence-corrected chi connectivity index (χ2v) is 6.17. The summed E-state index contributed by atoms with van der Waals surface area (Å²) in [5.74, 6) is 3.31. The molecule has 2 rings (SSSR count). The van der Waals surface area contributed by atoms with E-state index in [0.29, 0.717) is 5.92 Å². The van der Waals surface area contributed by atoms with Crippen LogP contribution in [-0.4, -0.2) is 44.4 Å². The molecule has 5 nitrogen and oxygen atoms in total. The fourth-order valence-electron chi connectivity index (χ4n) is 1.87. The number of fused-ring (bicyclic) bond motifs is 1. The van der Waals surface area contributed by atoms with Gasteiger partial charge in [-0.25, -0.2) is 9.50 Å². The number of aliphatic hydroxyl groups excluding tert-OH is 1. The van der Waals surface area contributed by atoms with Crippen molar-refractivity contribution in [1.29, 1.82) is 0 Å². The fourth-order valence-corrected chi connectivity index (χ4v) is 2.65. The largest absolute Gasteiger partial charge is 0.396 e. The van der Waals surface area contributed by atoms with Crippen LogP contribution in [0, 0.1) is 0 Å². The zero-order valence-electron chi connectivity index (χ0n) is 12.0. The second-order valence-electron chi connectivity index (χ2n) is 4.95. The van der Waals surface area contributed by atoms with Crippen LogP contribution in [0.25, 0.3) is 5.52 Å². The van der Waals surface area contributed by atoms with Gasteiger partial charge in [0, 0.05) is 31.3 Å². The van der Waals surface area contributed by atoms with Gasteiger partial charge in [-0.3, -0.25) is 0 Å². The van der Waals surface area contributed by atoms with Crippen molar-refractivity contribution in [3.8, 4) is 0 Å². The Hall–Kier alpha value is -1.27. The Balaban J connectivity index is 1.95. The molecule has 0 aliphatic rings. The van der Waals surface area contributed by atoms with Gasteiger partial charge in [-0.1, -0.05) is 13.8 Å². The minimum absolute atomic E-state index is 0.273. The van der Waals surface area contributed by atoms with Gasteiger partial charge >= 0.3 is 0 Å². The molecule has 2 aromatic heterocycles. The van der Waals surface area contributed by atoms with Crippen LogP contribution in [0.15, 0.2) is 18.5 Å². The molecule has 0 aliphatic carbocycles. The van der Waals surface area contributed by atoms with E-state index >= 15 is 0 Å². The molecule has 0 unspecified atom stereocenters. The van der Waals surface area contributed by atoms with E-state index < -0.39 is 0 Å². The lowest BCUT2D eigenvalue weighted by Gasteiger charge is -2.06. The third-order valence-electron chi connectivity index (χ3n) is 2.99. The fraction of sp³-hybridized carbons (Fsp3) is 0.571. The Morgan fingerprint density at radius 3 is 3.00 bits per heavy atom. The van der Waals surface area contributed by atoms with Crippen LogP contribution in [0.4, 0.5) is 5.82 Å². The third-order valence-corrected chi connectivity index (χ3v) is 4.06. The molecule has 6 heteroatoms. The maximum atomic E-state index is 8.72. The lowest BCUT2D eigenvalue weighted by molar-refractivity contribution is 0.296. The second kappa shape index (κ2) is 7.50. The minimum atomic E-state index is 0.273. The standard InChI is InChI=1S/C14H22N4OS/c1-11(2)12-10-13-14(15-4-6-18(13)17-12)16-5-9-20-8-3-7-19/h4,6,10-11,19H,3,5,7-9H2,1-2H3,(H,15,16).